The average Bonchev–Trinajstić information content (AvgIpc) is 2.81. The molecule has 1 fully saturated rings. The second-order valence-corrected chi connectivity index (χ2v) is 7.54. The van der Waals surface area contributed by atoms with Gasteiger partial charge in [0.2, 0.25) is 0 Å². The second kappa shape index (κ2) is 7.29. The zero-order valence-corrected chi connectivity index (χ0v) is 14.9. The maximum Gasteiger partial charge on any atom is 0.340 e. The smallest absolute Gasteiger partial charge is 0.340 e. The van der Waals surface area contributed by atoms with Gasteiger partial charge in [-0.1, -0.05) is 0 Å². The van der Waals surface area contributed by atoms with Gasteiger partial charge in [-0.15, -0.1) is 0 Å². The number of amides is 1. The molecule has 0 radical (unpaired) electrons. The lowest BCUT2D eigenvalue weighted by Gasteiger charge is -2.30. The number of aromatic nitrogens is 1. The Kier molecular flexibility index (Phi) is 5.62. The van der Waals surface area contributed by atoms with Crippen molar-refractivity contribution in [2.45, 2.75) is 39.7 Å². The molecule has 1 aromatic heterocycles. The van der Waals surface area contributed by atoms with E-state index in [4.69, 9.17) is 4.74 Å². The van der Waals surface area contributed by atoms with Crippen molar-refractivity contribution >= 4 is 22.7 Å². The molecule has 0 atom stereocenters. The standard InChI is InChI=1S/C16H24N2O4S/c1-5-22-16(20)13-10(2)14(17-11(13)3)15(19)18(4)12-6-8-23(21)9-7-12/h12,17H,5-9H2,1-4H3. The van der Waals surface area contributed by atoms with Gasteiger partial charge in [0.15, 0.2) is 0 Å². The van der Waals surface area contributed by atoms with Crippen LogP contribution in [0, 0.1) is 13.8 Å². The van der Waals surface area contributed by atoms with Crippen LogP contribution in [0.25, 0.3) is 0 Å². The number of esters is 1. The minimum absolute atomic E-state index is 0.0919. The first-order valence-corrected chi connectivity index (χ1v) is 9.34. The number of rotatable bonds is 4. The maximum atomic E-state index is 12.8. The summed E-state index contributed by atoms with van der Waals surface area (Å²) in [6.07, 6.45) is 1.50. The molecule has 6 nitrogen and oxygen atoms in total. The summed E-state index contributed by atoms with van der Waals surface area (Å²) in [5.41, 5.74) is 2.13. The summed E-state index contributed by atoms with van der Waals surface area (Å²) in [5.74, 6) is 0.727. The summed E-state index contributed by atoms with van der Waals surface area (Å²) >= 11 is 0. The highest BCUT2D eigenvalue weighted by atomic mass is 32.2. The van der Waals surface area contributed by atoms with Crippen molar-refractivity contribution in [2.75, 3.05) is 25.2 Å². The van der Waals surface area contributed by atoms with Gasteiger partial charge in [0, 0.05) is 41.1 Å². The lowest BCUT2D eigenvalue weighted by molar-refractivity contribution is 0.0525. The van der Waals surface area contributed by atoms with E-state index in [1.807, 2.05) is 0 Å². The molecule has 1 aliphatic heterocycles. The van der Waals surface area contributed by atoms with Crippen LogP contribution in [0.5, 0.6) is 0 Å². The summed E-state index contributed by atoms with van der Waals surface area (Å²) in [4.78, 5) is 29.5. The number of hydrogen-bond donors (Lipinski definition) is 1. The highest BCUT2D eigenvalue weighted by Gasteiger charge is 2.29. The third-order valence-electron chi connectivity index (χ3n) is 4.36. The molecule has 1 N–H and O–H groups in total. The Balaban J connectivity index is 2.21. The van der Waals surface area contributed by atoms with E-state index in [1.165, 1.54) is 0 Å². The zero-order valence-electron chi connectivity index (χ0n) is 14.1. The van der Waals surface area contributed by atoms with Crippen LogP contribution in [-0.2, 0) is 15.5 Å². The van der Waals surface area contributed by atoms with E-state index >= 15 is 0 Å². The molecule has 0 aromatic carbocycles. The van der Waals surface area contributed by atoms with Gasteiger partial charge in [0.05, 0.1) is 12.2 Å². The summed E-state index contributed by atoms with van der Waals surface area (Å²) < 4.78 is 16.5. The summed E-state index contributed by atoms with van der Waals surface area (Å²) in [6.45, 7) is 5.57. The van der Waals surface area contributed by atoms with E-state index in [0.29, 0.717) is 40.6 Å². The Labute approximate surface area is 139 Å². The molecule has 128 valence electrons. The van der Waals surface area contributed by atoms with E-state index in [1.54, 1.807) is 32.7 Å². The summed E-state index contributed by atoms with van der Waals surface area (Å²) in [6, 6.07) is 0.0919. The number of carbonyl (C=O) groups is 2. The van der Waals surface area contributed by atoms with Crippen LogP contribution in [0.3, 0.4) is 0 Å². The van der Waals surface area contributed by atoms with Gasteiger partial charge in [0.1, 0.15) is 5.69 Å². The number of ether oxygens (including phenoxy) is 1. The fraction of sp³-hybridized carbons (Fsp3) is 0.625. The van der Waals surface area contributed by atoms with Gasteiger partial charge >= 0.3 is 5.97 Å². The van der Waals surface area contributed by atoms with Gasteiger partial charge in [0.25, 0.3) is 5.91 Å². The predicted molar refractivity (Wildman–Crippen MR) is 89.2 cm³/mol. The Morgan fingerprint density at radius 2 is 1.91 bits per heavy atom. The van der Waals surface area contributed by atoms with Crippen molar-refractivity contribution in [1.29, 1.82) is 0 Å². The molecule has 0 saturated carbocycles. The Morgan fingerprint density at radius 1 is 1.30 bits per heavy atom. The van der Waals surface area contributed by atoms with Crippen LogP contribution in [-0.4, -0.2) is 57.2 Å². The van der Waals surface area contributed by atoms with Crippen molar-refractivity contribution in [3.05, 3.63) is 22.5 Å². The lowest BCUT2D eigenvalue weighted by atomic mass is 10.1. The molecular weight excluding hydrogens is 316 g/mol. The first kappa shape index (κ1) is 17.7. The number of H-pyrrole nitrogens is 1. The van der Waals surface area contributed by atoms with E-state index in [0.717, 1.165) is 12.8 Å². The van der Waals surface area contributed by atoms with E-state index in [2.05, 4.69) is 4.98 Å². The maximum absolute atomic E-state index is 12.8. The molecule has 7 heteroatoms. The SMILES string of the molecule is CCOC(=O)c1c(C)[nH]c(C(=O)N(C)C2CCS(=O)CC2)c1C. The Morgan fingerprint density at radius 3 is 2.48 bits per heavy atom. The summed E-state index contributed by atoms with van der Waals surface area (Å²) in [5, 5.41) is 0. The zero-order chi connectivity index (χ0) is 17.1. The fourth-order valence-electron chi connectivity index (χ4n) is 2.98. The molecule has 0 bridgehead atoms. The molecule has 23 heavy (non-hydrogen) atoms. The Hall–Kier alpha value is -1.63. The summed E-state index contributed by atoms with van der Waals surface area (Å²) in [7, 11) is 1.01. The van der Waals surface area contributed by atoms with Gasteiger partial charge in [-0.2, -0.15) is 0 Å². The quantitative estimate of drug-likeness (QED) is 0.848. The van der Waals surface area contributed by atoms with Crippen molar-refractivity contribution < 1.29 is 18.5 Å². The van der Waals surface area contributed by atoms with Gasteiger partial charge in [-0.25, -0.2) is 4.79 Å². The van der Waals surface area contributed by atoms with E-state index in [9.17, 15) is 13.8 Å². The van der Waals surface area contributed by atoms with Crippen LogP contribution in [0.15, 0.2) is 0 Å². The molecule has 1 aromatic rings. The molecular formula is C16H24N2O4S. The average molecular weight is 340 g/mol. The highest BCUT2D eigenvalue weighted by molar-refractivity contribution is 7.85. The second-order valence-electron chi connectivity index (χ2n) is 5.84. The third kappa shape index (κ3) is 3.65. The van der Waals surface area contributed by atoms with Crippen LogP contribution >= 0.6 is 0 Å². The lowest BCUT2D eigenvalue weighted by Crippen LogP contribution is -2.41. The van der Waals surface area contributed by atoms with Gasteiger partial charge in [-0.05, 0) is 39.2 Å². The highest BCUT2D eigenvalue weighted by Crippen LogP contribution is 2.23. The molecule has 1 aliphatic rings. The minimum Gasteiger partial charge on any atom is -0.462 e. The molecule has 2 heterocycles. The topological polar surface area (TPSA) is 79.5 Å². The van der Waals surface area contributed by atoms with Crippen LogP contribution < -0.4 is 0 Å². The van der Waals surface area contributed by atoms with Crippen molar-refractivity contribution in [3.63, 3.8) is 0 Å². The molecule has 0 spiro atoms. The van der Waals surface area contributed by atoms with Gasteiger partial charge in [-0.3, -0.25) is 9.00 Å². The monoisotopic (exact) mass is 340 g/mol. The van der Waals surface area contributed by atoms with Crippen LogP contribution in [0.1, 0.15) is 51.9 Å². The number of hydrogen-bond acceptors (Lipinski definition) is 4. The van der Waals surface area contributed by atoms with E-state index < -0.39 is 16.8 Å². The number of nitrogens with zero attached hydrogens (tertiary/aromatic N) is 1. The number of aryl methyl sites for hydroxylation is 1. The molecule has 1 saturated heterocycles. The largest absolute Gasteiger partial charge is 0.462 e. The normalized spacial score (nSPS) is 21.0. The molecule has 0 aliphatic carbocycles. The van der Waals surface area contributed by atoms with Crippen LogP contribution in [0.4, 0.5) is 0 Å². The first-order chi connectivity index (χ1) is 10.9. The van der Waals surface area contributed by atoms with Crippen molar-refractivity contribution in [2.24, 2.45) is 0 Å². The third-order valence-corrected chi connectivity index (χ3v) is 5.74. The number of nitrogens with one attached hydrogen (secondary N) is 1. The number of carbonyl (C=O) groups excluding carboxylic acids is 2. The molecule has 2 rings (SSSR count). The first-order valence-electron chi connectivity index (χ1n) is 7.85. The van der Waals surface area contributed by atoms with Gasteiger partial charge < -0.3 is 14.6 Å². The molecule has 1 amide bonds. The van der Waals surface area contributed by atoms with Crippen molar-refractivity contribution in [3.8, 4) is 0 Å². The van der Waals surface area contributed by atoms with Crippen molar-refractivity contribution in [1.82, 2.24) is 9.88 Å². The fourth-order valence-corrected chi connectivity index (χ4v) is 4.26. The van der Waals surface area contributed by atoms with Crippen LogP contribution in [0.2, 0.25) is 0 Å². The predicted octanol–water partition coefficient (Wildman–Crippen LogP) is 1.79. The number of aromatic amines is 1. The minimum atomic E-state index is -0.755. The Bertz CT molecular complexity index is 628. The van der Waals surface area contributed by atoms with E-state index in [-0.39, 0.29) is 11.9 Å². The molecule has 0 unspecified atom stereocenters.